The van der Waals surface area contributed by atoms with Crippen molar-refractivity contribution in [2.45, 2.75) is 31.8 Å². The minimum Gasteiger partial charge on any atom is -0.497 e. The number of carbonyl (C=O) groups is 1. The van der Waals surface area contributed by atoms with E-state index >= 15 is 0 Å². The lowest BCUT2D eigenvalue weighted by atomic mass is 10.1. The quantitative estimate of drug-likeness (QED) is 0.885. The van der Waals surface area contributed by atoms with Crippen LogP contribution in [0.4, 0.5) is 4.79 Å². The number of hydrogen-bond acceptors (Lipinski definition) is 3. The molecule has 1 saturated carbocycles. The molecule has 5 heteroatoms. The number of nitriles is 1. The first-order valence-corrected chi connectivity index (χ1v) is 8.19. The third kappa shape index (κ3) is 3.77. The molecule has 0 atom stereocenters. The van der Waals surface area contributed by atoms with Gasteiger partial charge in [0.15, 0.2) is 0 Å². The van der Waals surface area contributed by atoms with Crippen molar-refractivity contribution in [2.75, 3.05) is 13.7 Å². The second kappa shape index (κ2) is 7.22. The SMILES string of the molecule is COc1ccc2cc(CNC(=O)N(CCC#N)C3CC3)ccc2c1. The molecule has 0 spiro atoms. The molecule has 5 nitrogen and oxygen atoms in total. The zero-order chi connectivity index (χ0) is 16.9. The second-order valence-electron chi connectivity index (χ2n) is 6.04. The highest BCUT2D eigenvalue weighted by atomic mass is 16.5. The minimum atomic E-state index is -0.0809. The van der Waals surface area contributed by atoms with Crippen LogP contribution < -0.4 is 10.1 Å². The van der Waals surface area contributed by atoms with Crippen LogP contribution in [0.25, 0.3) is 10.8 Å². The first kappa shape index (κ1) is 16.1. The van der Waals surface area contributed by atoms with Gasteiger partial charge >= 0.3 is 6.03 Å². The summed E-state index contributed by atoms with van der Waals surface area (Å²) in [6.45, 7) is 0.987. The predicted molar refractivity (Wildman–Crippen MR) is 92.7 cm³/mol. The summed E-state index contributed by atoms with van der Waals surface area (Å²) in [5, 5.41) is 13.9. The van der Waals surface area contributed by atoms with Crippen LogP contribution in [0.15, 0.2) is 36.4 Å². The molecule has 0 radical (unpaired) electrons. The van der Waals surface area contributed by atoms with Gasteiger partial charge in [0.05, 0.1) is 19.6 Å². The lowest BCUT2D eigenvalue weighted by Crippen LogP contribution is -2.41. The van der Waals surface area contributed by atoms with Gasteiger partial charge in [-0.05, 0) is 47.4 Å². The van der Waals surface area contributed by atoms with E-state index in [1.807, 2.05) is 30.3 Å². The van der Waals surface area contributed by atoms with Gasteiger partial charge in [0.1, 0.15) is 5.75 Å². The van der Waals surface area contributed by atoms with E-state index in [-0.39, 0.29) is 6.03 Å². The van der Waals surface area contributed by atoms with E-state index in [0.717, 1.165) is 34.9 Å². The Balaban J connectivity index is 1.64. The van der Waals surface area contributed by atoms with Crippen molar-refractivity contribution in [3.63, 3.8) is 0 Å². The smallest absolute Gasteiger partial charge is 0.317 e. The number of carbonyl (C=O) groups excluding carboxylic acids is 1. The summed E-state index contributed by atoms with van der Waals surface area (Å²) in [6, 6.07) is 14.4. The van der Waals surface area contributed by atoms with Gasteiger partial charge in [0.25, 0.3) is 0 Å². The Kier molecular flexibility index (Phi) is 4.85. The van der Waals surface area contributed by atoms with Crippen molar-refractivity contribution in [3.8, 4) is 11.8 Å². The number of amides is 2. The molecule has 0 aromatic heterocycles. The molecule has 0 bridgehead atoms. The van der Waals surface area contributed by atoms with Crippen LogP contribution in [0, 0.1) is 11.3 Å². The summed E-state index contributed by atoms with van der Waals surface area (Å²) in [4.78, 5) is 14.1. The van der Waals surface area contributed by atoms with E-state index < -0.39 is 0 Å². The molecule has 1 aliphatic carbocycles. The molecular weight excluding hydrogens is 302 g/mol. The van der Waals surface area contributed by atoms with E-state index in [0.29, 0.717) is 25.6 Å². The fourth-order valence-electron chi connectivity index (χ4n) is 2.80. The number of rotatable bonds is 6. The van der Waals surface area contributed by atoms with Crippen LogP contribution in [0.5, 0.6) is 5.75 Å². The van der Waals surface area contributed by atoms with E-state index in [2.05, 4.69) is 17.5 Å². The largest absolute Gasteiger partial charge is 0.497 e. The molecule has 0 saturated heterocycles. The highest BCUT2D eigenvalue weighted by Crippen LogP contribution is 2.27. The maximum Gasteiger partial charge on any atom is 0.317 e. The van der Waals surface area contributed by atoms with Crippen LogP contribution in [0.3, 0.4) is 0 Å². The van der Waals surface area contributed by atoms with Gasteiger partial charge in [0.2, 0.25) is 0 Å². The van der Waals surface area contributed by atoms with Crippen LogP contribution in [-0.2, 0) is 6.54 Å². The van der Waals surface area contributed by atoms with Crippen molar-refractivity contribution in [2.24, 2.45) is 0 Å². The maximum atomic E-state index is 12.3. The van der Waals surface area contributed by atoms with Crippen LogP contribution in [-0.4, -0.2) is 30.6 Å². The zero-order valence-corrected chi connectivity index (χ0v) is 13.8. The van der Waals surface area contributed by atoms with E-state index in [9.17, 15) is 4.79 Å². The average Bonchev–Trinajstić information content (AvgIpc) is 3.44. The summed E-state index contributed by atoms with van der Waals surface area (Å²) in [5.74, 6) is 0.834. The molecule has 124 valence electrons. The fourth-order valence-corrected chi connectivity index (χ4v) is 2.80. The Hall–Kier alpha value is -2.74. The van der Waals surface area contributed by atoms with Crippen LogP contribution >= 0.6 is 0 Å². The van der Waals surface area contributed by atoms with Crippen LogP contribution in [0.2, 0.25) is 0 Å². The third-order valence-corrected chi connectivity index (χ3v) is 4.27. The molecule has 1 fully saturated rings. The number of nitrogens with zero attached hydrogens (tertiary/aromatic N) is 2. The molecule has 2 aromatic carbocycles. The number of ether oxygens (including phenoxy) is 1. The van der Waals surface area contributed by atoms with Crippen molar-refractivity contribution >= 4 is 16.8 Å². The highest BCUT2D eigenvalue weighted by molar-refractivity contribution is 5.84. The number of hydrogen-bond donors (Lipinski definition) is 1. The topological polar surface area (TPSA) is 65.4 Å². The van der Waals surface area contributed by atoms with Crippen molar-refractivity contribution in [1.29, 1.82) is 5.26 Å². The van der Waals surface area contributed by atoms with Crippen molar-refractivity contribution < 1.29 is 9.53 Å². The van der Waals surface area contributed by atoms with E-state index in [1.165, 1.54) is 0 Å². The molecule has 2 amide bonds. The van der Waals surface area contributed by atoms with E-state index in [4.69, 9.17) is 10.00 Å². The molecule has 3 rings (SSSR count). The van der Waals surface area contributed by atoms with Gasteiger partial charge in [-0.15, -0.1) is 0 Å². The van der Waals surface area contributed by atoms with Gasteiger partial charge < -0.3 is 15.0 Å². The van der Waals surface area contributed by atoms with Crippen LogP contribution in [0.1, 0.15) is 24.8 Å². The molecule has 0 heterocycles. The summed E-state index contributed by atoms with van der Waals surface area (Å²) in [7, 11) is 1.66. The number of urea groups is 1. The Morgan fingerprint density at radius 1 is 1.29 bits per heavy atom. The Morgan fingerprint density at radius 2 is 2.04 bits per heavy atom. The molecule has 0 aliphatic heterocycles. The Bertz CT molecular complexity index is 778. The Morgan fingerprint density at radius 3 is 2.75 bits per heavy atom. The highest BCUT2D eigenvalue weighted by Gasteiger charge is 2.31. The van der Waals surface area contributed by atoms with Gasteiger partial charge in [-0.1, -0.05) is 18.2 Å². The predicted octanol–water partition coefficient (Wildman–Crippen LogP) is 3.44. The normalized spacial score (nSPS) is 13.3. The first-order valence-electron chi connectivity index (χ1n) is 8.19. The molecule has 2 aromatic rings. The number of methoxy groups -OCH3 is 1. The number of nitrogens with one attached hydrogen (secondary N) is 1. The van der Waals surface area contributed by atoms with Gasteiger partial charge in [-0.3, -0.25) is 0 Å². The fraction of sp³-hybridized carbons (Fsp3) is 0.368. The molecule has 24 heavy (non-hydrogen) atoms. The van der Waals surface area contributed by atoms with E-state index in [1.54, 1.807) is 12.0 Å². The summed E-state index contributed by atoms with van der Waals surface area (Å²) in [6.07, 6.45) is 2.45. The summed E-state index contributed by atoms with van der Waals surface area (Å²) < 4.78 is 5.23. The average molecular weight is 323 g/mol. The lowest BCUT2D eigenvalue weighted by molar-refractivity contribution is 0.195. The molecule has 1 aliphatic rings. The minimum absolute atomic E-state index is 0.0809. The van der Waals surface area contributed by atoms with Gasteiger partial charge in [0, 0.05) is 19.1 Å². The first-order chi connectivity index (χ1) is 11.7. The molecule has 1 N–H and O–H groups in total. The van der Waals surface area contributed by atoms with Gasteiger partial charge in [-0.25, -0.2) is 4.79 Å². The van der Waals surface area contributed by atoms with Crippen molar-refractivity contribution in [3.05, 3.63) is 42.0 Å². The molecule has 0 unspecified atom stereocenters. The number of fused-ring (bicyclic) bond motifs is 1. The zero-order valence-electron chi connectivity index (χ0n) is 13.8. The number of benzene rings is 2. The second-order valence-corrected chi connectivity index (χ2v) is 6.04. The van der Waals surface area contributed by atoms with Crippen molar-refractivity contribution in [1.82, 2.24) is 10.2 Å². The maximum absolute atomic E-state index is 12.3. The Labute approximate surface area is 141 Å². The summed E-state index contributed by atoms with van der Waals surface area (Å²) >= 11 is 0. The summed E-state index contributed by atoms with van der Waals surface area (Å²) in [5.41, 5.74) is 1.05. The third-order valence-electron chi connectivity index (χ3n) is 4.27. The standard InChI is InChI=1S/C19H21N3O2/c1-24-18-8-5-15-11-14(3-4-16(15)12-18)13-21-19(23)22(10-2-9-20)17-6-7-17/h3-5,8,11-12,17H,2,6-7,10,13H2,1H3,(H,21,23). The monoisotopic (exact) mass is 323 g/mol. The lowest BCUT2D eigenvalue weighted by Gasteiger charge is -2.21. The van der Waals surface area contributed by atoms with Gasteiger partial charge in [-0.2, -0.15) is 5.26 Å². The molecular formula is C19H21N3O2.